The Balaban J connectivity index is 0.000000383. The monoisotopic (exact) mass is 463 g/mol. The van der Waals surface area contributed by atoms with Crippen LogP contribution in [-0.4, -0.2) is 16.4 Å². The van der Waals surface area contributed by atoms with Crippen molar-refractivity contribution in [2.75, 3.05) is 12.4 Å². The van der Waals surface area contributed by atoms with Gasteiger partial charge in [-0.05, 0) is 19.1 Å². The Bertz CT molecular complexity index is 643. The number of para-hydroxylation sites is 1. The Hall–Kier alpha value is -0.148. The van der Waals surface area contributed by atoms with Crippen molar-refractivity contribution in [3.8, 4) is 5.69 Å². The summed E-state index contributed by atoms with van der Waals surface area (Å²) in [6, 6.07) is 9.61. The van der Waals surface area contributed by atoms with Crippen molar-refractivity contribution < 1.29 is 11.5 Å². The summed E-state index contributed by atoms with van der Waals surface area (Å²) in [5.41, 5.74) is 2.43. The molecule has 0 aliphatic heterocycles. The van der Waals surface area contributed by atoms with Gasteiger partial charge in [-0.2, -0.15) is 0 Å². The van der Waals surface area contributed by atoms with Crippen LogP contribution in [-0.2, 0) is 18.5 Å². The predicted molar refractivity (Wildman–Crippen MR) is 88.7 cm³/mol. The molecule has 1 aromatic carbocycles. The van der Waals surface area contributed by atoms with Gasteiger partial charge in [0.05, 0.1) is 11.4 Å². The topological polar surface area (TPSA) is 39.0 Å². The fraction of sp³-hybridized carbons (Fsp3) is 0.250. The summed E-state index contributed by atoms with van der Waals surface area (Å²) in [4.78, 5) is 12.1. The van der Waals surface area contributed by atoms with Gasteiger partial charge >= 0.3 is 49.6 Å². The Labute approximate surface area is 142 Å². The molecular formula is C12H15Cl4N3OPd. The summed E-state index contributed by atoms with van der Waals surface area (Å²) in [6.45, 7) is 1.92. The number of anilines is 1. The van der Waals surface area contributed by atoms with Crippen LogP contribution in [0.4, 0.5) is 5.69 Å². The van der Waals surface area contributed by atoms with Gasteiger partial charge in [-0.15, -0.1) is 0 Å². The van der Waals surface area contributed by atoms with Gasteiger partial charge in [0.15, 0.2) is 0 Å². The molecular weight excluding hydrogens is 450 g/mol. The molecule has 0 aliphatic rings. The van der Waals surface area contributed by atoms with Gasteiger partial charge in [0.25, 0.3) is 5.56 Å². The number of rotatable bonds is 2. The molecule has 9 heteroatoms. The van der Waals surface area contributed by atoms with E-state index in [2.05, 4.69) is 5.32 Å². The molecule has 0 aliphatic carbocycles. The van der Waals surface area contributed by atoms with Crippen molar-refractivity contribution in [2.45, 2.75) is 6.92 Å². The van der Waals surface area contributed by atoms with E-state index in [9.17, 15) is 4.79 Å². The van der Waals surface area contributed by atoms with Crippen LogP contribution in [0.5, 0.6) is 0 Å². The maximum absolute atomic E-state index is 12.1. The number of nitrogens with zero attached hydrogens (tertiary/aromatic N) is 2. The van der Waals surface area contributed by atoms with E-state index in [4.69, 9.17) is 38.1 Å². The molecule has 122 valence electrons. The van der Waals surface area contributed by atoms with Crippen molar-refractivity contribution in [3.05, 3.63) is 46.4 Å². The molecule has 1 heterocycles. The van der Waals surface area contributed by atoms with Crippen molar-refractivity contribution >= 4 is 43.8 Å². The second kappa shape index (κ2) is 7.92. The zero-order valence-corrected chi connectivity index (χ0v) is 16.1. The first-order chi connectivity index (χ1) is 9.66. The summed E-state index contributed by atoms with van der Waals surface area (Å²) in [6.07, 6.45) is 0. The second-order valence-corrected chi connectivity index (χ2v) is 18.1. The van der Waals surface area contributed by atoms with Crippen molar-refractivity contribution in [3.63, 3.8) is 0 Å². The van der Waals surface area contributed by atoms with Gasteiger partial charge in [0.2, 0.25) is 0 Å². The third-order valence-electron chi connectivity index (χ3n) is 2.80. The van der Waals surface area contributed by atoms with E-state index in [1.807, 2.05) is 49.0 Å². The van der Waals surface area contributed by atoms with Gasteiger partial charge in [-0.1, -0.05) is 18.2 Å². The van der Waals surface area contributed by atoms with Crippen LogP contribution in [0.25, 0.3) is 5.69 Å². The number of hydrogen-bond donors (Lipinski definition) is 1. The Morgan fingerprint density at radius 1 is 1.10 bits per heavy atom. The predicted octanol–water partition coefficient (Wildman–Crippen LogP) is 4.28. The first kappa shape index (κ1) is 18.9. The SMILES string of the molecule is CNc1c(C)n(C)n(-c2ccccc2)c1=O.[Cl][Pd]([Cl])([Cl])[Cl]. The van der Waals surface area contributed by atoms with Crippen molar-refractivity contribution in [1.29, 1.82) is 0 Å². The molecule has 0 amide bonds. The van der Waals surface area contributed by atoms with Gasteiger partial charge in [0.1, 0.15) is 5.69 Å². The minimum atomic E-state index is -2.81. The second-order valence-electron chi connectivity index (χ2n) is 3.96. The molecule has 0 atom stereocenters. The molecule has 2 aromatic rings. The molecule has 0 spiro atoms. The molecule has 0 fully saturated rings. The molecule has 0 saturated carbocycles. The molecule has 0 saturated heterocycles. The Kier molecular flexibility index (Phi) is 7.13. The number of benzene rings is 1. The average Bonchev–Trinajstić information content (AvgIpc) is 2.59. The number of aromatic nitrogens is 2. The van der Waals surface area contributed by atoms with Crippen LogP contribution in [0, 0.1) is 6.92 Å². The molecule has 1 aromatic heterocycles. The molecule has 1 N–H and O–H groups in total. The summed E-state index contributed by atoms with van der Waals surface area (Å²) >= 11 is -2.81. The molecule has 0 bridgehead atoms. The van der Waals surface area contributed by atoms with Gasteiger partial charge < -0.3 is 5.32 Å². The van der Waals surface area contributed by atoms with Crippen LogP contribution in [0.1, 0.15) is 5.69 Å². The minimum absolute atomic E-state index is 0.0197. The fourth-order valence-corrected chi connectivity index (χ4v) is 1.86. The summed E-state index contributed by atoms with van der Waals surface area (Å²) < 4.78 is 3.50. The van der Waals surface area contributed by atoms with E-state index in [1.54, 1.807) is 11.7 Å². The average molecular weight is 466 g/mol. The summed E-state index contributed by atoms with van der Waals surface area (Å²) in [5.74, 6) is 0. The zero-order valence-electron chi connectivity index (χ0n) is 11.5. The first-order valence-electron chi connectivity index (χ1n) is 5.66. The quantitative estimate of drug-likeness (QED) is 0.673. The molecule has 0 unspecified atom stereocenters. The standard InChI is InChI=1S/C12H15N3O.4ClH.Pd/c1-9-11(13-2)12(16)15(14(9)3)10-7-5-4-6-8-10;;;;;/h4-8,13H,1-3H3;4*1H;/q;;;;;+4/p-4. The van der Waals surface area contributed by atoms with Gasteiger partial charge in [0, 0.05) is 14.1 Å². The van der Waals surface area contributed by atoms with Crippen molar-refractivity contribution in [1.82, 2.24) is 9.36 Å². The molecule has 21 heavy (non-hydrogen) atoms. The third kappa shape index (κ3) is 5.52. The number of halogens is 4. The number of hydrogen-bond acceptors (Lipinski definition) is 2. The van der Waals surface area contributed by atoms with Gasteiger partial charge in [-0.3, -0.25) is 9.48 Å². The van der Waals surface area contributed by atoms with Gasteiger partial charge in [-0.25, -0.2) is 4.68 Å². The normalized spacial score (nSPS) is 11.6. The van der Waals surface area contributed by atoms with E-state index >= 15 is 0 Å². The van der Waals surface area contributed by atoms with Crippen LogP contribution >= 0.6 is 38.1 Å². The fourth-order valence-electron chi connectivity index (χ4n) is 1.86. The van der Waals surface area contributed by atoms with E-state index in [0.29, 0.717) is 5.69 Å². The Morgan fingerprint density at radius 2 is 1.57 bits per heavy atom. The number of nitrogens with one attached hydrogen (secondary N) is 1. The molecule has 0 radical (unpaired) electrons. The van der Waals surface area contributed by atoms with E-state index in [1.165, 1.54) is 0 Å². The van der Waals surface area contributed by atoms with Crippen LogP contribution < -0.4 is 10.9 Å². The van der Waals surface area contributed by atoms with Crippen LogP contribution in [0.2, 0.25) is 0 Å². The molecule has 2 rings (SSSR count). The summed E-state index contributed by atoms with van der Waals surface area (Å²) in [7, 11) is 23.5. The third-order valence-corrected chi connectivity index (χ3v) is 2.80. The van der Waals surface area contributed by atoms with Crippen LogP contribution in [0.3, 0.4) is 0 Å². The molecule has 4 nitrogen and oxygen atoms in total. The van der Waals surface area contributed by atoms with Crippen LogP contribution in [0.15, 0.2) is 35.1 Å². The zero-order chi connectivity index (χ0) is 16.2. The van der Waals surface area contributed by atoms with E-state index < -0.39 is 11.5 Å². The van der Waals surface area contributed by atoms with Crippen molar-refractivity contribution in [2.24, 2.45) is 7.05 Å². The Morgan fingerprint density at radius 3 is 1.95 bits per heavy atom. The van der Waals surface area contributed by atoms with E-state index in [-0.39, 0.29) is 5.56 Å². The first-order valence-corrected chi connectivity index (χ1v) is 13.7. The van der Waals surface area contributed by atoms with E-state index in [0.717, 1.165) is 11.4 Å². The maximum atomic E-state index is 12.1. The summed E-state index contributed by atoms with van der Waals surface area (Å²) in [5, 5.41) is 2.94.